The maximum absolute atomic E-state index is 14.0. The van der Waals surface area contributed by atoms with Crippen LogP contribution in [0.5, 0.6) is 0 Å². The monoisotopic (exact) mass is 960 g/mol. The van der Waals surface area contributed by atoms with Crippen LogP contribution in [0.1, 0.15) is 142 Å². The summed E-state index contributed by atoms with van der Waals surface area (Å²) in [5.74, 6) is -0.229. The molecule has 1 N–H and O–H groups in total. The number of ether oxygens (including phenoxy) is 3. The number of carbonyl (C=O) groups is 2. The largest absolute Gasteiger partial charge is 0.457 e. The predicted molar refractivity (Wildman–Crippen MR) is 275 cm³/mol. The number of likely N-dealkylation sites (tertiary alicyclic amines) is 1. The van der Waals surface area contributed by atoms with Crippen molar-refractivity contribution in [2.24, 2.45) is 17.8 Å². The van der Waals surface area contributed by atoms with Crippen LogP contribution >= 0.6 is 0 Å². The van der Waals surface area contributed by atoms with E-state index in [4.69, 9.17) is 23.1 Å². The van der Waals surface area contributed by atoms with Crippen LogP contribution in [-0.2, 0) is 27.9 Å². The zero-order valence-corrected chi connectivity index (χ0v) is 46.5. The van der Waals surface area contributed by atoms with Gasteiger partial charge in [0.05, 0.1) is 30.3 Å². The van der Waals surface area contributed by atoms with Crippen molar-refractivity contribution in [2.75, 3.05) is 46.3 Å². The molecule has 3 saturated heterocycles. The van der Waals surface area contributed by atoms with Gasteiger partial charge in [-0.05, 0) is 119 Å². The van der Waals surface area contributed by atoms with Gasteiger partial charge in [0.25, 0.3) is 0 Å². The summed E-state index contributed by atoms with van der Waals surface area (Å²) in [7, 11) is -1.81. The molecule has 3 fully saturated rings. The molecule has 380 valence electrons. The van der Waals surface area contributed by atoms with Crippen molar-refractivity contribution in [3.63, 3.8) is 0 Å². The van der Waals surface area contributed by atoms with Crippen LogP contribution in [-0.4, -0.2) is 143 Å². The Morgan fingerprint density at radius 3 is 2.06 bits per heavy atom. The Morgan fingerprint density at radius 1 is 0.894 bits per heavy atom. The van der Waals surface area contributed by atoms with Gasteiger partial charge in [-0.3, -0.25) is 9.69 Å². The number of epoxide rings is 1. The van der Waals surface area contributed by atoms with E-state index >= 15 is 0 Å². The molecule has 4 rings (SSSR count). The molecule has 10 atom stereocenters. The second kappa shape index (κ2) is 25.8. The van der Waals surface area contributed by atoms with E-state index in [0.29, 0.717) is 43.1 Å². The number of esters is 1. The number of nitrogens with zero attached hydrogens (tertiary/aromatic N) is 3. The first-order valence-corrected chi connectivity index (χ1v) is 31.3. The first-order chi connectivity index (χ1) is 31.2. The summed E-state index contributed by atoms with van der Waals surface area (Å²) >= 11 is 0. The molecule has 4 heterocycles. The molecule has 4 aliphatic heterocycles. The molecule has 0 saturated carbocycles. The van der Waals surface area contributed by atoms with Crippen molar-refractivity contribution in [1.29, 1.82) is 0 Å². The maximum Gasteiger partial charge on any atom is 0.410 e. The summed E-state index contributed by atoms with van der Waals surface area (Å²) in [6.45, 7) is 36.0. The molecule has 0 spiro atoms. The Balaban J connectivity index is 1.50. The van der Waals surface area contributed by atoms with Crippen LogP contribution in [0.2, 0.25) is 35.3 Å². The van der Waals surface area contributed by atoms with E-state index in [-0.39, 0.29) is 60.7 Å². The lowest BCUT2D eigenvalue weighted by Gasteiger charge is -2.42. The van der Waals surface area contributed by atoms with Gasteiger partial charge in [-0.15, -0.1) is 0 Å². The van der Waals surface area contributed by atoms with E-state index in [2.05, 4.69) is 106 Å². The van der Waals surface area contributed by atoms with Crippen LogP contribution < -0.4 is 0 Å². The first kappa shape index (κ1) is 56.7. The molecular formula is C53H97N3O8Si2. The van der Waals surface area contributed by atoms with Crippen molar-refractivity contribution in [2.45, 2.75) is 225 Å². The Bertz CT molecular complexity index is 1580. The van der Waals surface area contributed by atoms with Crippen molar-refractivity contribution >= 4 is 28.7 Å². The summed E-state index contributed by atoms with van der Waals surface area (Å²) in [6.07, 6.45) is 13.7. The van der Waals surface area contributed by atoms with E-state index < -0.39 is 34.4 Å². The zero-order chi connectivity index (χ0) is 49.0. The van der Waals surface area contributed by atoms with Gasteiger partial charge in [-0.2, -0.15) is 0 Å². The molecule has 66 heavy (non-hydrogen) atoms. The molecule has 10 unspecified atom stereocenters. The second-order valence-corrected chi connectivity index (χ2v) is 31.7. The van der Waals surface area contributed by atoms with Crippen molar-refractivity contribution < 1.29 is 37.8 Å². The van der Waals surface area contributed by atoms with Crippen LogP contribution in [0.25, 0.3) is 0 Å². The molecule has 4 aliphatic rings. The van der Waals surface area contributed by atoms with Gasteiger partial charge >= 0.3 is 12.1 Å². The highest BCUT2D eigenvalue weighted by Crippen LogP contribution is 2.41. The van der Waals surface area contributed by atoms with Crippen molar-refractivity contribution in [1.82, 2.24) is 14.7 Å². The standard InChI is InChI=1S/C53H97N3O8Si2/c1-16-46(64-66(19-4,20-5)39(8)9)43(13)51-48(60-51)37-53(14,59)29-21-22-41(11)50-42(12)24-26-47(61-52(58)56-34-32-55(33-35-56)44-27-30-54(15)31-28-44)40(10)23-25-45(36-49(57)62-50)63-65(17-2,18-3)38(6)7/h21-22,24,26,29,38-40,42-48,50-51,59H,16-20,23,25,27-28,30-37H2,1-15H3/b26-24-,29-21+,41-22+. The number of allylic oxidation sites excluding steroid dienone is 2. The highest BCUT2D eigenvalue weighted by atomic mass is 28.4. The summed E-state index contributed by atoms with van der Waals surface area (Å²) in [5.41, 5.74) is 0.724. The molecule has 0 aromatic carbocycles. The smallest absolute Gasteiger partial charge is 0.410 e. The summed E-state index contributed by atoms with van der Waals surface area (Å²) < 4.78 is 33.2. The van der Waals surface area contributed by atoms with E-state index in [1.165, 1.54) is 12.8 Å². The van der Waals surface area contributed by atoms with Crippen LogP contribution in [0.3, 0.4) is 0 Å². The third kappa shape index (κ3) is 15.6. The third-order valence-electron chi connectivity index (χ3n) is 16.5. The second-order valence-electron chi connectivity index (χ2n) is 21.8. The predicted octanol–water partition coefficient (Wildman–Crippen LogP) is 11.1. The molecule has 1 amide bonds. The quantitative estimate of drug-likeness (QED) is 0.0416. The van der Waals surface area contributed by atoms with Gasteiger partial charge in [0.2, 0.25) is 0 Å². The highest BCUT2D eigenvalue weighted by Gasteiger charge is 2.49. The van der Waals surface area contributed by atoms with Crippen molar-refractivity contribution in [3.8, 4) is 0 Å². The number of piperazine rings is 1. The average Bonchev–Trinajstić information content (AvgIpc) is 4.05. The van der Waals surface area contributed by atoms with E-state index in [9.17, 15) is 14.7 Å². The zero-order valence-electron chi connectivity index (χ0n) is 44.5. The fourth-order valence-electron chi connectivity index (χ4n) is 11.3. The number of aliphatic hydroxyl groups is 1. The van der Waals surface area contributed by atoms with Gasteiger partial charge in [0.15, 0.2) is 16.6 Å². The number of cyclic esters (lactones) is 1. The van der Waals surface area contributed by atoms with Gasteiger partial charge in [-0.1, -0.05) is 107 Å². The fourth-order valence-corrected chi connectivity index (χ4v) is 18.6. The third-order valence-corrected chi connectivity index (χ3v) is 27.1. The van der Waals surface area contributed by atoms with E-state index in [0.717, 1.165) is 68.8 Å². The fraction of sp³-hybridized carbons (Fsp3) is 0.849. The molecule has 0 aromatic heterocycles. The lowest BCUT2D eigenvalue weighted by atomic mass is 9.91. The number of hydrogen-bond donors (Lipinski definition) is 1. The summed E-state index contributed by atoms with van der Waals surface area (Å²) in [4.78, 5) is 34.7. The van der Waals surface area contributed by atoms with Gasteiger partial charge < -0.3 is 38.0 Å². The molecule has 0 aliphatic carbocycles. The summed E-state index contributed by atoms with van der Waals surface area (Å²) in [6, 6.07) is 4.77. The van der Waals surface area contributed by atoms with Crippen LogP contribution in [0, 0.1) is 17.8 Å². The number of rotatable bonds is 20. The highest BCUT2D eigenvalue weighted by molar-refractivity contribution is 6.75. The minimum Gasteiger partial charge on any atom is -0.457 e. The first-order valence-electron chi connectivity index (χ1n) is 26.5. The number of piperidine rings is 1. The van der Waals surface area contributed by atoms with Crippen LogP contribution in [0.15, 0.2) is 36.0 Å². The van der Waals surface area contributed by atoms with Crippen molar-refractivity contribution in [3.05, 3.63) is 36.0 Å². The molecule has 0 radical (unpaired) electrons. The topological polar surface area (TPSA) is 114 Å². The molecular weight excluding hydrogens is 863 g/mol. The minimum atomic E-state index is -2.15. The lowest BCUT2D eigenvalue weighted by Crippen LogP contribution is -2.54. The Morgan fingerprint density at radius 2 is 1.50 bits per heavy atom. The van der Waals surface area contributed by atoms with Crippen LogP contribution in [0.4, 0.5) is 4.79 Å². The van der Waals surface area contributed by atoms with E-state index in [1.807, 2.05) is 43.1 Å². The average molecular weight is 961 g/mol. The normalized spacial score (nSPS) is 29.8. The van der Waals surface area contributed by atoms with Gasteiger partial charge in [-0.25, -0.2) is 4.79 Å². The molecule has 0 aromatic rings. The van der Waals surface area contributed by atoms with Gasteiger partial charge in [0.1, 0.15) is 12.2 Å². The minimum absolute atomic E-state index is 0.0135. The maximum atomic E-state index is 14.0. The SMILES string of the molecule is CCC(O[Si](CC)(CC)C(C)C)C(C)C1OC1CC(C)(O)/C=C/C=C(\C)C1OC(=O)CC(O[Si](CC)(CC)C(C)C)CCC(C)C(OC(=O)N2CCN(C3CCN(C)CC3)CC2)/C=C\C1C. The molecule has 0 bridgehead atoms. The number of carbonyl (C=O) groups excluding carboxylic acids is 2. The van der Waals surface area contributed by atoms with E-state index in [1.54, 1.807) is 0 Å². The number of amides is 1. The Hall–Kier alpha value is -1.85. The lowest BCUT2D eigenvalue weighted by molar-refractivity contribution is -0.151. The molecule has 11 nitrogen and oxygen atoms in total. The Labute approximate surface area is 405 Å². The summed E-state index contributed by atoms with van der Waals surface area (Å²) in [5, 5.41) is 11.6. The number of hydrogen-bond acceptors (Lipinski definition) is 10. The van der Waals surface area contributed by atoms with Gasteiger partial charge in [0, 0.05) is 56.6 Å². The Kier molecular flexibility index (Phi) is 22.2. The molecule has 13 heteroatoms.